The lowest BCUT2D eigenvalue weighted by atomic mass is 10.1. The summed E-state index contributed by atoms with van der Waals surface area (Å²) in [4.78, 5) is 20.4. The van der Waals surface area contributed by atoms with E-state index in [2.05, 4.69) is 10.2 Å². The fraction of sp³-hybridized carbons (Fsp3) is 0.368. The number of nitrogens with one attached hydrogen (secondary N) is 1. The molecule has 1 N–H and O–H groups in total. The SMILES string of the molecule is O=C(Nc1ccc2c(c1)OCCO2)c1cc2nc(N3CCCCC3)sc2s1. The van der Waals surface area contributed by atoms with Crippen LogP contribution in [0.3, 0.4) is 0 Å². The predicted molar refractivity (Wildman–Crippen MR) is 109 cm³/mol. The van der Waals surface area contributed by atoms with Crippen LogP contribution in [0, 0.1) is 0 Å². The number of aromatic nitrogens is 1. The molecule has 0 atom stereocenters. The number of hydrogen-bond acceptors (Lipinski definition) is 7. The molecule has 1 fully saturated rings. The molecule has 140 valence electrons. The van der Waals surface area contributed by atoms with Crippen LogP contribution < -0.4 is 19.7 Å². The molecule has 2 aliphatic rings. The smallest absolute Gasteiger partial charge is 0.265 e. The molecule has 27 heavy (non-hydrogen) atoms. The summed E-state index contributed by atoms with van der Waals surface area (Å²) in [7, 11) is 0. The van der Waals surface area contributed by atoms with Crippen molar-refractivity contribution in [1.29, 1.82) is 0 Å². The van der Waals surface area contributed by atoms with Crippen LogP contribution in [0.5, 0.6) is 11.5 Å². The molecule has 0 bridgehead atoms. The van der Waals surface area contributed by atoms with Crippen molar-refractivity contribution in [3.05, 3.63) is 29.1 Å². The van der Waals surface area contributed by atoms with E-state index in [0.717, 1.165) is 27.8 Å². The Morgan fingerprint density at radius 1 is 1.04 bits per heavy atom. The van der Waals surface area contributed by atoms with Crippen molar-refractivity contribution < 1.29 is 14.3 Å². The van der Waals surface area contributed by atoms with Crippen LogP contribution in [0.2, 0.25) is 0 Å². The number of piperidine rings is 1. The van der Waals surface area contributed by atoms with Gasteiger partial charge in [-0.1, -0.05) is 11.3 Å². The third kappa shape index (κ3) is 3.35. The second kappa shape index (κ2) is 7.01. The topological polar surface area (TPSA) is 63.7 Å². The van der Waals surface area contributed by atoms with Crippen molar-refractivity contribution in [1.82, 2.24) is 4.98 Å². The maximum Gasteiger partial charge on any atom is 0.265 e. The molecule has 0 saturated carbocycles. The zero-order valence-corrected chi connectivity index (χ0v) is 16.3. The molecule has 2 aromatic heterocycles. The molecule has 0 aliphatic carbocycles. The summed E-state index contributed by atoms with van der Waals surface area (Å²) in [5, 5.41) is 4.02. The van der Waals surface area contributed by atoms with Gasteiger partial charge in [-0.2, -0.15) is 0 Å². The zero-order valence-electron chi connectivity index (χ0n) is 14.7. The van der Waals surface area contributed by atoms with Gasteiger partial charge in [0.2, 0.25) is 0 Å². The van der Waals surface area contributed by atoms with Crippen LogP contribution in [-0.4, -0.2) is 37.2 Å². The number of benzene rings is 1. The average molecular weight is 402 g/mol. The summed E-state index contributed by atoms with van der Waals surface area (Å²) in [6, 6.07) is 7.34. The number of rotatable bonds is 3. The van der Waals surface area contributed by atoms with Crippen molar-refractivity contribution in [2.24, 2.45) is 0 Å². The van der Waals surface area contributed by atoms with Gasteiger partial charge in [0.25, 0.3) is 5.91 Å². The van der Waals surface area contributed by atoms with Gasteiger partial charge in [-0.15, -0.1) is 11.3 Å². The summed E-state index contributed by atoms with van der Waals surface area (Å²) in [6.07, 6.45) is 3.77. The second-order valence-electron chi connectivity index (χ2n) is 6.64. The summed E-state index contributed by atoms with van der Waals surface area (Å²) in [5.74, 6) is 1.26. The number of hydrogen-bond donors (Lipinski definition) is 1. The van der Waals surface area contributed by atoms with Crippen molar-refractivity contribution >= 4 is 48.9 Å². The maximum atomic E-state index is 12.6. The van der Waals surface area contributed by atoms with Crippen LogP contribution in [0.4, 0.5) is 10.8 Å². The highest BCUT2D eigenvalue weighted by Gasteiger charge is 2.19. The Labute approximate surface area is 164 Å². The Morgan fingerprint density at radius 3 is 2.67 bits per heavy atom. The standard InChI is InChI=1S/C19H19N3O3S2/c23-17(20-12-4-5-14-15(10-12)25-9-8-24-14)16-11-13-18(26-16)27-19(21-13)22-6-2-1-3-7-22/h4-5,10-11H,1-3,6-9H2,(H,20,23). The molecule has 4 heterocycles. The van der Waals surface area contributed by atoms with Gasteiger partial charge in [0.1, 0.15) is 17.2 Å². The number of amides is 1. The molecular formula is C19H19N3O3S2. The Kier molecular flexibility index (Phi) is 4.37. The molecule has 6 nitrogen and oxygen atoms in total. The lowest BCUT2D eigenvalue weighted by molar-refractivity contribution is 0.103. The third-order valence-corrected chi connectivity index (χ3v) is 7.07. The first-order chi connectivity index (χ1) is 13.3. The van der Waals surface area contributed by atoms with Gasteiger partial charge in [-0.05, 0) is 37.5 Å². The van der Waals surface area contributed by atoms with E-state index in [0.29, 0.717) is 35.3 Å². The van der Waals surface area contributed by atoms with Crippen molar-refractivity contribution in [3.8, 4) is 11.5 Å². The summed E-state index contributed by atoms with van der Waals surface area (Å²) in [6.45, 7) is 3.24. The molecule has 0 unspecified atom stereocenters. The van der Waals surface area contributed by atoms with Gasteiger partial charge in [0.05, 0.1) is 10.4 Å². The number of ether oxygens (including phenoxy) is 2. The highest BCUT2D eigenvalue weighted by atomic mass is 32.2. The molecule has 3 aromatic rings. The second-order valence-corrected chi connectivity index (χ2v) is 8.93. The highest BCUT2D eigenvalue weighted by molar-refractivity contribution is 7.40. The number of thiazole rings is 1. The predicted octanol–water partition coefficient (Wildman–Crippen LogP) is 4.37. The van der Waals surface area contributed by atoms with E-state index < -0.39 is 0 Å². The first kappa shape index (κ1) is 16.8. The molecule has 1 saturated heterocycles. The number of fused-ring (bicyclic) bond motifs is 2. The van der Waals surface area contributed by atoms with Gasteiger partial charge < -0.3 is 19.7 Å². The average Bonchev–Trinajstić information content (AvgIpc) is 3.28. The zero-order chi connectivity index (χ0) is 18.2. The van der Waals surface area contributed by atoms with Crippen LogP contribution in [0.1, 0.15) is 28.9 Å². The van der Waals surface area contributed by atoms with E-state index in [4.69, 9.17) is 14.5 Å². The Hall–Kier alpha value is -2.32. The van der Waals surface area contributed by atoms with Gasteiger partial charge in [0, 0.05) is 24.8 Å². The van der Waals surface area contributed by atoms with Crippen molar-refractivity contribution in [2.75, 3.05) is 36.5 Å². The molecule has 0 spiro atoms. The minimum atomic E-state index is -0.124. The van der Waals surface area contributed by atoms with Crippen molar-refractivity contribution in [3.63, 3.8) is 0 Å². The first-order valence-electron chi connectivity index (χ1n) is 9.12. The Morgan fingerprint density at radius 2 is 1.85 bits per heavy atom. The summed E-state index contributed by atoms with van der Waals surface area (Å²) >= 11 is 3.18. The van der Waals surface area contributed by atoms with Crippen LogP contribution >= 0.6 is 22.7 Å². The molecule has 8 heteroatoms. The van der Waals surface area contributed by atoms with E-state index in [1.165, 1.54) is 30.6 Å². The molecule has 0 radical (unpaired) electrons. The van der Waals surface area contributed by atoms with E-state index >= 15 is 0 Å². The van der Waals surface area contributed by atoms with E-state index in [1.807, 2.05) is 18.2 Å². The van der Waals surface area contributed by atoms with Crippen LogP contribution in [0.15, 0.2) is 24.3 Å². The molecule has 1 amide bonds. The van der Waals surface area contributed by atoms with E-state index in [-0.39, 0.29) is 5.91 Å². The van der Waals surface area contributed by atoms with Gasteiger partial charge in [0.15, 0.2) is 16.6 Å². The fourth-order valence-corrected chi connectivity index (χ4v) is 5.58. The number of nitrogens with zero attached hydrogens (tertiary/aromatic N) is 2. The lowest BCUT2D eigenvalue weighted by Crippen LogP contribution is -2.29. The Bertz CT molecular complexity index is 960. The molecular weight excluding hydrogens is 382 g/mol. The highest BCUT2D eigenvalue weighted by Crippen LogP contribution is 2.37. The molecule has 1 aromatic carbocycles. The minimum Gasteiger partial charge on any atom is -0.486 e. The first-order valence-corrected chi connectivity index (χ1v) is 10.8. The molecule has 2 aliphatic heterocycles. The number of carbonyl (C=O) groups excluding carboxylic acids is 1. The van der Waals surface area contributed by atoms with E-state index in [1.54, 1.807) is 17.4 Å². The van der Waals surface area contributed by atoms with Gasteiger partial charge >= 0.3 is 0 Å². The minimum absolute atomic E-state index is 0.124. The monoisotopic (exact) mass is 401 g/mol. The largest absolute Gasteiger partial charge is 0.486 e. The number of carbonyl (C=O) groups is 1. The fourth-order valence-electron chi connectivity index (χ4n) is 3.37. The number of anilines is 2. The normalized spacial score (nSPS) is 16.5. The van der Waals surface area contributed by atoms with Crippen LogP contribution in [-0.2, 0) is 0 Å². The Balaban J connectivity index is 1.32. The number of thiophene rings is 1. The van der Waals surface area contributed by atoms with Gasteiger partial charge in [-0.3, -0.25) is 4.79 Å². The van der Waals surface area contributed by atoms with E-state index in [9.17, 15) is 4.79 Å². The molecule has 5 rings (SSSR count). The van der Waals surface area contributed by atoms with Crippen LogP contribution in [0.25, 0.3) is 9.53 Å². The lowest BCUT2D eigenvalue weighted by Gasteiger charge is -2.25. The maximum absolute atomic E-state index is 12.6. The van der Waals surface area contributed by atoms with Gasteiger partial charge in [-0.25, -0.2) is 4.98 Å². The quantitative estimate of drug-likeness (QED) is 0.706. The van der Waals surface area contributed by atoms with Crippen molar-refractivity contribution in [2.45, 2.75) is 19.3 Å². The summed E-state index contributed by atoms with van der Waals surface area (Å²) < 4.78 is 12.2. The third-order valence-electron chi connectivity index (χ3n) is 4.73. The summed E-state index contributed by atoms with van der Waals surface area (Å²) in [5.41, 5.74) is 1.61.